The van der Waals surface area contributed by atoms with Crippen LogP contribution in [-0.4, -0.2) is 53.7 Å². The van der Waals surface area contributed by atoms with Crippen LogP contribution in [-0.2, 0) is 14.3 Å². The van der Waals surface area contributed by atoms with Crippen molar-refractivity contribution in [1.82, 2.24) is 4.90 Å². The van der Waals surface area contributed by atoms with Crippen molar-refractivity contribution in [2.45, 2.75) is 25.3 Å². The highest BCUT2D eigenvalue weighted by Crippen LogP contribution is 2.18. The van der Waals surface area contributed by atoms with Crippen LogP contribution in [0.1, 0.15) is 19.8 Å². The second-order valence-corrected chi connectivity index (χ2v) is 4.08. The van der Waals surface area contributed by atoms with Crippen LogP contribution in [0.3, 0.4) is 0 Å². The first-order chi connectivity index (χ1) is 7.49. The maximum absolute atomic E-state index is 11.6. The summed E-state index contributed by atoms with van der Waals surface area (Å²) < 4.78 is 5.11. The molecule has 1 aliphatic heterocycles. The Morgan fingerprint density at radius 2 is 2.25 bits per heavy atom. The number of amides is 1. The highest BCUT2D eigenvalue weighted by Gasteiger charge is 2.42. The van der Waals surface area contributed by atoms with Gasteiger partial charge in [0.2, 0.25) is 5.91 Å². The Kier molecular flexibility index (Phi) is 4.26. The molecule has 1 atom stereocenters. The molecule has 3 N–H and O–H groups in total. The first-order valence-corrected chi connectivity index (χ1v) is 5.37. The Balaban J connectivity index is 2.41. The van der Waals surface area contributed by atoms with E-state index in [4.69, 9.17) is 15.6 Å². The van der Waals surface area contributed by atoms with E-state index in [1.165, 1.54) is 4.90 Å². The number of likely N-dealkylation sites (tertiary alicyclic amines) is 1. The lowest BCUT2D eigenvalue weighted by Crippen LogP contribution is -2.50. The zero-order valence-corrected chi connectivity index (χ0v) is 9.44. The van der Waals surface area contributed by atoms with E-state index in [9.17, 15) is 9.59 Å². The molecule has 1 heterocycles. The summed E-state index contributed by atoms with van der Waals surface area (Å²) in [5, 5.41) is 8.89. The molecule has 1 fully saturated rings. The Bertz CT molecular complexity index is 282. The molecule has 0 radical (unpaired) electrons. The van der Waals surface area contributed by atoms with E-state index in [2.05, 4.69) is 0 Å². The summed E-state index contributed by atoms with van der Waals surface area (Å²) in [5.41, 5.74) is 4.36. The molecule has 1 aliphatic rings. The number of ether oxygens (including phenoxy) is 1. The normalized spacial score (nSPS) is 24.8. The first kappa shape index (κ1) is 12.9. The van der Waals surface area contributed by atoms with E-state index in [1.54, 1.807) is 0 Å². The van der Waals surface area contributed by atoms with Crippen LogP contribution in [0.25, 0.3) is 0 Å². The molecule has 92 valence electrons. The summed E-state index contributed by atoms with van der Waals surface area (Å²) >= 11 is 0. The van der Waals surface area contributed by atoms with Gasteiger partial charge in [-0.15, -0.1) is 0 Å². The fourth-order valence-corrected chi connectivity index (χ4v) is 1.62. The number of carboxylic acids is 1. The SMILES string of the molecule is CCCOCC(=O)N1CCC(N)(C(=O)O)C1. The molecular formula is C10H18N2O4. The molecule has 0 aromatic carbocycles. The number of nitrogens with two attached hydrogens (primary N) is 1. The van der Waals surface area contributed by atoms with Gasteiger partial charge in [0.05, 0.1) is 0 Å². The van der Waals surface area contributed by atoms with Gasteiger partial charge in [-0.2, -0.15) is 0 Å². The molecule has 0 aromatic rings. The Hall–Kier alpha value is -1.14. The van der Waals surface area contributed by atoms with Crippen LogP contribution in [0.2, 0.25) is 0 Å². The third-order valence-corrected chi connectivity index (χ3v) is 2.65. The fourth-order valence-electron chi connectivity index (χ4n) is 1.62. The Morgan fingerprint density at radius 3 is 2.75 bits per heavy atom. The Morgan fingerprint density at radius 1 is 1.56 bits per heavy atom. The minimum absolute atomic E-state index is 0.00351. The van der Waals surface area contributed by atoms with Crippen molar-refractivity contribution in [1.29, 1.82) is 0 Å². The van der Waals surface area contributed by atoms with E-state index in [0.29, 0.717) is 19.6 Å². The van der Waals surface area contributed by atoms with Gasteiger partial charge >= 0.3 is 5.97 Å². The van der Waals surface area contributed by atoms with Gasteiger partial charge in [-0.05, 0) is 12.8 Å². The van der Waals surface area contributed by atoms with E-state index in [0.717, 1.165) is 6.42 Å². The van der Waals surface area contributed by atoms with Gasteiger partial charge in [-0.1, -0.05) is 6.92 Å². The van der Waals surface area contributed by atoms with E-state index < -0.39 is 11.5 Å². The summed E-state index contributed by atoms with van der Waals surface area (Å²) in [5.74, 6) is -1.25. The van der Waals surface area contributed by atoms with Crippen molar-refractivity contribution in [2.24, 2.45) is 5.73 Å². The maximum Gasteiger partial charge on any atom is 0.325 e. The maximum atomic E-state index is 11.6. The zero-order chi connectivity index (χ0) is 12.2. The second-order valence-electron chi connectivity index (χ2n) is 4.08. The lowest BCUT2D eigenvalue weighted by atomic mass is 10.0. The third-order valence-electron chi connectivity index (χ3n) is 2.65. The van der Waals surface area contributed by atoms with Crippen molar-refractivity contribution in [3.8, 4) is 0 Å². The number of hydrogen-bond acceptors (Lipinski definition) is 4. The summed E-state index contributed by atoms with van der Waals surface area (Å²) in [6.07, 6.45) is 1.14. The van der Waals surface area contributed by atoms with Crippen molar-refractivity contribution in [3.05, 3.63) is 0 Å². The molecule has 0 saturated carbocycles. The average molecular weight is 230 g/mol. The van der Waals surface area contributed by atoms with E-state index in [-0.39, 0.29) is 19.1 Å². The van der Waals surface area contributed by atoms with Gasteiger partial charge in [-0.25, -0.2) is 0 Å². The molecule has 6 nitrogen and oxygen atoms in total. The molecule has 16 heavy (non-hydrogen) atoms. The first-order valence-electron chi connectivity index (χ1n) is 5.37. The number of carbonyl (C=O) groups excluding carboxylic acids is 1. The van der Waals surface area contributed by atoms with E-state index >= 15 is 0 Å². The smallest absolute Gasteiger partial charge is 0.325 e. The van der Waals surface area contributed by atoms with E-state index in [1.807, 2.05) is 6.92 Å². The lowest BCUT2D eigenvalue weighted by molar-refractivity contribution is -0.143. The van der Waals surface area contributed by atoms with Gasteiger partial charge in [-0.3, -0.25) is 9.59 Å². The average Bonchev–Trinajstić information content (AvgIpc) is 2.63. The number of carbonyl (C=O) groups is 2. The number of hydrogen-bond donors (Lipinski definition) is 2. The predicted octanol–water partition coefficient (Wildman–Crippen LogP) is -0.573. The largest absolute Gasteiger partial charge is 0.480 e. The van der Waals surface area contributed by atoms with Crippen LogP contribution >= 0.6 is 0 Å². The number of carboxylic acid groups (broad SMARTS) is 1. The van der Waals surface area contributed by atoms with Crippen LogP contribution < -0.4 is 5.73 Å². The van der Waals surface area contributed by atoms with Gasteiger partial charge < -0.3 is 20.5 Å². The second kappa shape index (κ2) is 5.27. The molecule has 1 rings (SSSR count). The molecule has 1 amide bonds. The zero-order valence-electron chi connectivity index (χ0n) is 9.44. The summed E-state index contributed by atoms with van der Waals surface area (Å²) in [7, 11) is 0. The fraction of sp³-hybridized carbons (Fsp3) is 0.800. The lowest BCUT2D eigenvalue weighted by Gasteiger charge is -2.20. The molecule has 1 unspecified atom stereocenters. The van der Waals surface area contributed by atoms with Gasteiger partial charge in [0.15, 0.2) is 0 Å². The van der Waals surface area contributed by atoms with Crippen LogP contribution in [0.15, 0.2) is 0 Å². The topological polar surface area (TPSA) is 92.9 Å². The number of aliphatic carboxylic acids is 1. The summed E-state index contributed by atoms with van der Waals surface area (Å²) in [6.45, 7) is 2.94. The molecule has 0 aromatic heterocycles. The summed E-state index contributed by atoms with van der Waals surface area (Å²) in [6, 6.07) is 0. The molecule has 0 bridgehead atoms. The van der Waals surface area contributed by atoms with Crippen LogP contribution in [0.4, 0.5) is 0 Å². The molecule has 6 heteroatoms. The van der Waals surface area contributed by atoms with Crippen LogP contribution in [0, 0.1) is 0 Å². The minimum atomic E-state index is -1.29. The summed E-state index contributed by atoms with van der Waals surface area (Å²) in [4.78, 5) is 23.9. The van der Waals surface area contributed by atoms with Crippen molar-refractivity contribution < 1.29 is 19.4 Å². The molecule has 0 spiro atoms. The monoisotopic (exact) mass is 230 g/mol. The molecular weight excluding hydrogens is 212 g/mol. The number of rotatable bonds is 5. The van der Waals surface area contributed by atoms with Gasteiger partial charge in [0.1, 0.15) is 12.1 Å². The minimum Gasteiger partial charge on any atom is -0.480 e. The number of nitrogens with zero attached hydrogens (tertiary/aromatic N) is 1. The third kappa shape index (κ3) is 2.93. The molecule has 1 saturated heterocycles. The predicted molar refractivity (Wildman–Crippen MR) is 56.9 cm³/mol. The van der Waals surface area contributed by atoms with Gasteiger partial charge in [0.25, 0.3) is 0 Å². The van der Waals surface area contributed by atoms with Gasteiger partial charge in [0, 0.05) is 19.7 Å². The van der Waals surface area contributed by atoms with Crippen molar-refractivity contribution in [3.63, 3.8) is 0 Å². The highest BCUT2D eigenvalue weighted by molar-refractivity contribution is 5.83. The quantitative estimate of drug-likeness (QED) is 0.617. The highest BCUT2D eigenvalue weighted by atomic mass is 16.5. The van der Waals surface area contributed by atoms with Crippen LogP contribution in [0.5, 0.6) is 0 Å². The Labute approximate surface area is 94.3 Å². The van der Waals surface area contributed by atoms with Crippen molar-refractivity contribution >= 4 is 11.9 Å². The standard InChI is InChI=1S/C10H18N2O4/c1-2-5-16-6-8(13)12-4-3-10(11,7-12)9(14)15/h2-7,11H2,1H3,(H,14,15). The molecule has 0 aliphatic carbocycles. The van der Waals surface area contributed by atoms with Crippen molar-refractivity contribution in [2.75, 3.05) is 26.3 Å².